The molecule has 0 amide bonds. The maximum absolute atomic E-state index is 10.2. The summed E-state index contributed by atoms with van der Waals surface area (Å²) in [5, 5.41) is 10.8. The van der Waals surface area contributed by atoms with Crippen molar-refractivity contribution >= 4 is 30.5 Å². The molecule has 3 N–H and O–H groups in total. The van der Waals surface area contributed by atoms with Crippen LogP contribution in [0.5, 0.6) is 0 Å². The maximum atomic E-state index is 10.2. The fourth-order valence-electron chi connectivity index (χ4n) is 3.10. The Bertz CT molecular complexity index is 895. The first-order valence-electron chi connectivity index (χ1n) is 14.3. The van der Waals surface area contributed by atoms with Crippen molar-refractivity contribution in [2.24, 2.45) is 10.7 Å². The lowest BCUT2D eigenvalue weighted by Crippen LogP contribution is -2.56. The molecular weight excluding hydrogens is 539 g/mol. The molecule has 0 radical (unpaired) electrons. The second-order valence-corrected chi connectivity index (χ2v) is 31.6. The van der Waals surface area contributed by atoms with Crippen molar-refractivity contribution in [3.8, 4) is 0 Å². The van der Waals surface area contributed by atoms with Crippen LogP contribution >= 0.6 is 0 Å². The van der Waals surface area contributed by atoms with E-state index in [0.717, 1.165) is 0 Å². The van der Waals surface area contributed by atoms with E-state index in [9.17, 15) is 5.11 Å². The van der Waals surface area contributed by atoms with Crippen molar-refractivity contribution in [1.29, 1.82) is 0 Å². The Kier molecular flexibility index (Phi) is 11.4. The average Bonchev–Trinajstić information content (AvgIpc) is 3.01. The highest BCUT2D eigenvalue weighted by atomic mass is 28.4. The Hall–Kier alpha value is -0.759. The number of aliphatic imine (C=N–C) groups is 1. The molecule has 0 aromatic carbocycles. The van der Waals surface area contributed by atoms with Crippen molar-refractivity contribution < 1.29 is 18.7 Å². The molecule has 0 aliphatic carbocycles. The van der Waals surface area contributed by atoms with Crippen LogP contribution in [0.3, 0.4) is 0 Å². The van der Waals surface area contributed by atoms with Crippen molar-refractivity contribution in [3.63, 3.8) is 0 Å². The highest BCUT2D eigenvalue weighted by Crippen LogP contribution is 2.44. The smallest absolute Gasteiger partial charge is 0.192 e. The first-order valence-corrected chi connectivity index (χ1v) is 23.6. The van der Waals surface area contributed by atoms with E-state index >= 15 is 0 Å². The molecule has 7 nitrogen and oxygen atoms in total. The first-order chi connectivity index (χ1) is 17.2. The van der Waals surface area contributed by atoms with Gasteiger partial charge in [-0.2, -0.15) is 0 Å². The molecule has 4 atom stereocenters. The van der Waals surface area contributed by atoms with Crippen LogP contribution in [0.1, 0.15) is 62.3 Å². The SMILES string of the molecule is C=C1N=C(N)C=CN1[C@@H]1O[C@H](CO)C(O[Si](C)(C)C(C)(C)C)[C@@H]1O[Si](C)(C)C(C)(C)C.CC(C)(C)[Si](C)(C)C. The fourth-order valence-corrected chi connectivity index (χ4v) is 5.70. The average molecular weight is 600 g/mol. The van der Waals surface area contributed by atoms with Gasteiger partial charge in [0.25, 0.3) is 0 Å². The number of nitrogens with two attached hydrogens (primary N) is 1. The van der Waals surface area contributed by atoms with Gasteiger partial charge in [-0.3, -0.25) is 0 Å². The van der Waals surface area contributed by atoms with Crippen LogP contribution in [0.15, 0.2) is 29.7 Å². The van der Waals surface area contributed by atoms with Crippen molar-refractivity contribution in [2.75, 3.05) is 6.61 Å². The molecule has 0 aromatic heterocycles. The van der Waals surface area contributed by atoms with E-state index in [0.29, 0.717) is 16.7 Å². The molecule has 1 saturated heterocycles. The Morgan fingerprint density at radius 1 is 0.872 bits per heavy atom. The second-order valence-electron chi connectivity index (χ2n) is 16.1. The van der Waals surface area contributed by atoms with Gasteiger partial charge in [0, 0.05) is 14.3 Å². The Balaban J connectivity index is 0.000000824. The summed E-state index contributed by atoms with van der Waals surface area (Å²) < 4.78 is 20.1. The minimum Gasteiger partial charge on any atom is -0.408 e. The summed E-state index contributed by atoms with van der Waals surface area (Å²) in [6, 6.07) is 0. The molecule has 2 heterocycles. The summed E-state index contributed by atoms with van der Waals surface area (Å²) in [5.74, 6) is 0.882. The third kappa shape index (κ3) is 9.11. The largest absolute Gasteiger partial charge is 0.408 e. The molecule has 2 aliphatic heterocycles. The van der Waals surface area contributed by atoms with E-state index in [4.69, 9.17) is 19.3 Å². The number of aliphatic hydroxyl groups is 1. The molecule has 2 aliphatic rings. The summed E-state index contributed by atoms with van der Waals surface area (Å²) in [6.45, 7) is 40.2. The van der Waals surface area contributed by atoms with Crippen LogP contribution in [-0.4, -0.2) is 71.7 Å². The monoisotopic (exact) mass is 599 g/mol. The van der Waals surface area contributed by atoms with E-state index in [1.807, 2.05) is 11.1 Å². The van der Waals surface area contributed by atoms with Gasteiger partial charge >= 0.3 is 0 Å². The summed E-state index contributed by atoms with van der Waals surface area (Å²) in [6.07, 6.45) is 1.73. The van der Waals surface area contributed by atoms with Gasteiger partial charge in [0.2, 0.25) is 0 Å². The predicted octanol–water partition coefficient (Wildman–Crippen LogP) is 7.27. The van der Waals surface area contributed by atoms with Crippen LogP contribution in [0.25, 0.3) is 0 Å². The third-order valence-corrected chi connectivity index (χ3v) is 22.9. The lowest BCUT2D eigenvalue weighted by Gasteiger charge is -2.45. The molecule has 2 rings (SSSR count). The van der Waals surface area contributed by atoms with Crippen LogP contribution < -0.4 is 5.73 Å². The Morgan fingerprint density at radius 3 is 1.62 bits per heavy atom. The van der Waals surface area contributed by atoms with Crippen LogP contribution in [0.2, 0.25) is 60.9 Å². The minimum atomic E-state index is -2.18. The van der Waals surface area contributed by atoms with Gasteiger partial charge in [0.1, 0.15) is 30.0 Å². The molecule has 228 valence electrons. The molecule has 0 saturated carbocycles. The fraction of sp³-hybridized carbons (Fsp3) is 0.828. The summed E-state index contributed by atoms with van der Waals surface area (Å²) >= 11 is 0. The number of rotatable bonds is 6. The molecule has 10 heteroatoms. The molecule has 39 heavy (non-hydrogen) atoms. The van der Waals surface area contributed by atoms with E-state index in [1.54, 1.807) is 6.08 Å². The minimum absolute atomic E-state index is 0.00764. The second kappa shape index (κ2) is 12.2. The summed E-state index contributed by atoms with van der Waals surface area (Å²) in [4.78, 5) is 6.14. The number of amidine groups is 1. The number of hydrogen-bond acceptors (Lipinski definition) is 7. The zero-order chi connectivity index (χ0) is 31.0. The summed E-state index contributed by atoms with van der Waals surface area (Å²) in [5.41, 5.74) is 5.84. The van der Waals surface area contributed by atoms with Gasteiger partial charge in [0.15, 0.2) is 22.9 Å². The lowest BCUT2D eigenvalue weighted by molar-refractivity contribution is -0.0670. The van der Waals surface area contributed by atoms with E-state index in [-0.39, 0.29) is 16.7 Å². The van der Waals surface area contributed by atoms with Crippen LogP contribution in [-0.2, 0) is 13.6 Å². The Morgan fingerprint density at radius 2 is 1.28 bits per heavy atom. The zero-order valence-electron chi connectivity index (χ0n) is 28.0. The first kappa shape index (κ1) is 36.3. The Labute approximate surface area is 243 Å². The lowest BCUT2D eigenvalue weighted by atomic mass is 10.1. The van der Waals surface area contributed by atoms with Crippen molar-refractivity contribution in [3.05, 3.63) is 24.7 Å². The van der Waals surface area contributed by atoms with Gasteiger partial charge in [-0.1, -0.05) is 88.5 Å². The standard InChI is InChI=1S/C22H43N3O4Si2.C7H18Si/c1-15-24-17(23)12-13-25(15)20-19(29-31(10,11)22(5,6)7)18(16(14-26)27-20)28-30(8,9)21(2,3)4;1-7(2,3)8(4,5)6/h12-13,16,18-20,26H,1,14H2,2-11H3,(H2,23,24);1-6H3/t16-,18?,19+,20-;/m1./s1. The van der Waals surface area contributed by atoms with Gasteiger partial charge in [0.05, 0.1) is 6.61 Å². The maximum Gasteiger partial charge on any atom is 0.192 e. The highest BCUT2D eigenvalue weighted by Gasteiger charge is 2.55. The van der Waals surface area contributed by atoms with E-state index in [2.05, 4.69) is 120 Å². The molecule has 0 spiro atoms. The van der Waals surface area contributed by atoms with Crippen molar-refractivity contribution in [2.45, 2.75) is 148 Å². The van der Waals surface area contributed by atoms with Crippen molar-refractivity contribution in [1.82, 2.24) is 4.90 Å². The van der Waals surface area contributed by atoms with Gasteiger partial charge in [-0.15, -0.1) is 0 Å². The molecule has 0 aromatic rings. The quantitative estimate of drug-likeness (QED) is 0.312. The summed E-state index contributed by atoms with van der Waals surface area (Å²) in [7, 11) is -5.20. The van der Waals surface area contributed by atoms with Gasteiger partial charge < -0.3 is 29.3 Å². The number of nitrogens with zero attached hydrogens (tertiary/aromatic N) is 2. The number of ether oxygens (including phenoxy) is 1. The van der Waals surface area contributed by atoms with E-state index in [1.165, 1.54) is 0 Å². The molecule has 1 unspecified atom stereocenters. The zero-order valence-corrected chi connectivity index (χ0v) is 31.0. The number of aliphatic hydroxyl groups excluding tert-OH is 1. The van der Waals surface area contributed by atoms with Gasteiger partial charge in [-0.05, 0) is 47.4 Å². The molecular formula is C29H61N3O4Si3. The molecule has 1 fully saturated rings. The van der Waals surface area contributed by atoms with E-state index < -0.39 is 49.2 Å². The normalized spacial score (nSPS) is 25.4. The molecule has 0 bridgehead atoms. The predicted molar refractivity (Wildman–Crippen MR) is 175 cm³/mol. The third-order valence-electron chi connectivity index (χ3n) is 9.43. The number of hydrogen-bond donors (Lipinski definition) is 2. The van der Waals surface area contributed by atoms with Gasteiger partial charge in [-0.25, -0.2) is 4.99 Å². The van der Waals surface area contributed by atoms with Crippen LogP contribution in [0, 0.1) is 0 Å². The topological polar surface area (TPSA) is 89.5 Å². The highest BCUT2D eigenvalue weighted by molar-refractivity contribution is 6.78. The van der Waals surface area contributed by atoms with Crippen LogP contribution in [0.4, 0.5) is 0 Å².